The predicted octanol–water partition coefficient (Wildman–Crippen LogP) is 2.15. The molecule has 2 unspecified atom stereocenters. The van der Waals surface area contributed by atoms with E-state index in [1.165, 1.54) is 0 Å². The fourth-order valence-electron chi connectivity index (χ4n) is 3.96. The maximum atomic E-state index is 13.1. The van der Waals surface area contributed by atoms with Crippen LogP contribution in [0.3, 0.4) is 0 Å². The van der Waals surface area contributed by atoms with Crippen LogP contribution in [-0.2, 0) is 16.6 Å². The summed E-state index contributed by atoms with van der Waals surface area (Å²) in [6.07, 6.45) is 0.875. The number of aromatic nitrogens is 4. The molecular weight excluding hydrogens is 344 g/mol. The third kappa shape index (κ3) is 2.87. The lowest BCUT2D eigenvalue weighted by molar-refractivity contribution is -0.140. The van der Waals surface area contributed by atoms with Crippen molar-refractivity contribution < 1.29 is 9.59 Å². The Morgan fingerprint density at radius 1 is 1.26 bits per heavy atom. The number of amides is 2. The number of benzene rings is 1. The summed E-state index contributed by atoms with van der Waals surface area (Å²) in [7, 11) is 3.58. The van der Waals surface area contributed by atoms with E-state index in [9.17, 15) is 9.59 Å². The van der Waals surface area contributed by atoms with Crippen LogP contribution in [-0.4, -0.2) is 43.7 Å². The van der Waals surface area contributed by atoms with Gasteiger partial charge in [-0.25, -0.2) is 4.68 Å². The van der Waals surface area contributed by atoms with Crippen molar-refractivity contribution in [3.63, 3.8) is 0 Å². The van der Waals surface area contributed by atoms with E-state index in [1.807, 2.05) is 44.3 Å². The smallest absolute Gasteiger partial charge is 0.231 e. The Balaban J connectivity index is 1.65. The van der Waals surface area contributed by atoms with Crippen molar-refractivity contribution in [2.45, 2.75) is 25.8 Å². The number of nitrogens with zero attached hydrogens (tertiary/aromatic N) is 4. The van der Waals surface area contributed by atoms with Crippen molar-refractivity contribution in [2.75, 3.05) is 12.4 Å². The molecular formula is C19H22N6O2. The van der Waals surface area contributed by atoms with Gasteiger partial charge >= 0.3 is 0 Å². The number of piperidine rings is 1. The number of aryl methyl sites for hydroxylation is 2. The molecule has 0 saturated carbocycles. The first kappa shape index (κ1) is 17.3. The summed E-state index contributed by atoms with van der Waals surface area (Å²) >= 11 is 0. The number of likely N-dealkylation sites (tertiary alicyclic amines) is 1. The molecule has 8 heteroatoms. The molecule has 1 aliphatic heterocycles. The maximum absolute atomic E-state index is 13.1. The number of nitrogens with one attached hydrogen (secondary N) is 2. The molecule has 4 rings (SSSR count). The molecule has 2 aromatic heterocycles. The zero-order valence-corrected chi connectivity index (χ0v) is 15.6. The molecule has 1 aliphatic rings. The third-order valence-electron chi connectivity index (χ3n) is 5.30. The number of anilines is 1. The highest BCUT2D eigenvalue weighted by atomic mass is 16.2. The van der Waals surface area contributed by atoms with Crippen LogP contribution in [0.15, 0.2) is 30.3 Å². The van der Waals surface area contributed by atoms with E-state index in [-0.39, 0.29) is 23.8 Å². The van der Waals surface area contributed by atoms with Crippen LogP contribution < -0.4 is 5.32 Å². The summed E-state index contributed by atoms with van der Waals surface area (Å²) in [5.41, 5.74) is 2.45. The molecule has 2 atom stereocenters. The van der Waals surface area contributed by atoms with Crippen molar-refractivity contribution in [3.05, 3.63) is 41.6 Å². The van der Waals surface area contributed by atoms with Crippen LogP contribution in [0.2, 0.25) is 0 Å². The number of hydrogen-bond acceptors (Lipinski definition) is 4. The molecule has 0 spiro atoms. The monoisotopic (exact) mass is 366 g/mol. The van der Waals surface area contributed by atoms with E-state index >= 15 is 0 Å². The van der Waals surface area contributed by atoms with Gasteiger partial charge in [-0.05, 0) is 18.9 Å². The summed E-state index contributed by atoms with van der Waals surface area (Å²) < 4.78 is 1.68. The first-order valence-electron chi connectivity index (χ1n) is 8.96. The number of hydrogen-bond donors (Lipinski definition) is 2. The third-order valence-corrected chi connectivity index (χ3v) is 5.30. The van der Waals surface area contributed by atoms with Crippen LogP contribution in [0.4, 0.5) is 5.82 Å². The summed E-state index contributed by atoms with van der Waals surface area (Å²) in [5, 5.41) is 15.3. The Labute approximate surface area is 156 Å². The second-order valence-electron chi connectivity index (χ2n) is 7.00. The topological polar surface area (TPSA) is 95.9 Å². The fourth-order valence-corrected chi connectivity index (χ4v) is 3.96. The Bertz CT molecular complexity index is 1010. The molecule has 2 amide bonds. The normalized spacial score (nSPS) is 20.3. The average molecular weight is 366 g/mol. The van der Waals surface area contributed by atoms with Crippen LogP contribution in [0, 0.1) is 12.8 Å². The molecule has 3 aromatic rings. The highest BCUT2D eigenvalue weighted by molar-refractivity contribution is 6.01. The van der Waals surface area contributed by atoms with Gasteiger partial charge in [0.1, 0.15) is 5.82 Å². The van der Waals surface area contributed by atoms with Crippen molar-refractivity contribution in [1.82, 2.24) is 24.9 Å². The van der Waals surface area contributed by atoms with E-state index in [0.29, 0.717) is 24.3 Å². The molecule has 1 saturated heterocycles. The summed E-state index contributed by atoms with van der Waals surface area (Å²) in [6.45, 7) is 1.88. The Hall–Kier alpha value is -3.16. The Morgan fingerprint density at radius 3 is 2.74 bits per heavy atom. The van der Waals surface area contributed by atoms with Crippen LogP contribution >= 0.6 is 0 Å². The van der Waals surface area contributed by atoms with Crippen molar-refractivity contribution in [2.24, 2.45) is 13.0 Å². The largest absolute Gasteiger partial charge is 0.338 e. The number of carbonyl (C=O) groups is 2. The van der Waals surface area contributed by atoms with Crippen LogP contribution in [0.25, 0.3) is 11.0 Å². The van der Waals surface area contributed by atoms with Gasteiger partial charge in [-0.3, -0.25) is 14.7 Å². The molecule has 2 N–H and O–H groups in total. The van der Waals surface area contributed by atoms with Crippen molar-refractivity contribution in [1.29, 1.82) is 0 Å². The minimum Gasteiger partial charge on any atom is -0.338 e. The molecule has 140 valence electrons. The predicted molar refractivity (Wildman–Crippen MR) is 101 cm³/mol. The first-order valence-corrected chi connectivity index (χ1v) is 8.96. The minimum absolute atomic E-state index is 0.0555. The SMILES string of the molecule is Cc1nn(C)c2n[nH]c(NC(=O)C3CCC(=O)N(C)C3c3ccccc3)c12. The highest BCUT2D eigenvalue weighted by Crippen LogP contribution is 2.36. The van der Waals surface area contributed by atoms with Crippen LogP contribution in [0.1, 0.15) is 30.1 Å². The summed E-state index contributed by atoms with van der Waals surface area (Å²) in [6, 6.07) is 9.40. The van der Waals surface area contributed by atoms with Gasteiger partial charge in [0.2, 0.25) is 11.8 Å². The van der Waals surface area contributed by atoms with E-state index in [2.05, 4.69) is 20.6 Å². The summed E-state index contributed by atoms with van der Waals surface area (Å²) in [5.74, 6) is 0.134. The molecule has 3 heterocycles. The Morgan fingerprint density at radius 2 is 2.00 bits per heavy atom. The maximum Gasteiger partial charge on any atom is 0.231 e. The quantitative estimate of drug-likeness (QED) is 0.742. The van der Waals surface area contributed by atoms with Gasteiger partial charge in [0.15, 0.2) is 5.65 Å². The van der Waals surface area contributed by atoms with Crippen molar-refractivity contribution >= 4 is 28.7 Å². The molecule has 0 aliphatic carbocycles. The molecule has 27 heavy (non-hydrogen) atoms. The second-order valence-corrected chi connectivity index (χ2v) is 7.00. The highest BCUT2D eigenvalue weighted by Gasteiger charge is 2.39. The molecule has 0 bridgehead atoms. The number of aromatic amines is 1. The first-order chi connectivity index (χ1) is 13.0. The van der Waals surface area contributed by atoms with Gasteiger partial charge in [0, 0.05) is 20.5 Å². The molecule has 8 nitrogen and oxygen atoms in total. The van der Waals surface area contributed by atoms with Gasteiger partial charge < -0.3 is 10.2 Å². The molecule has 0 radical (unpaired) electrons. The molecule has 1 aromatic carbocycles. The lowest BCUT2D eigenvalue weighted by Gasteiger charge is -2.38. The summed E-state index contributed by atoms with van der Waals surface area (Å²) in [4.78, 5) is 27.1. The van der Waals surface area contributed by atoms with Gasteiger partial charge in [0.25, 0.3) is 0 Å². The average Bonchev–Trinajstić information content (AvgIpc) is 3.20. The lowest BCUT2D eigenvalue weighted by Crippen LogP contribution is -2.44. The standard InChI is InChI=1S/C19H22N6O2/c1-11-15-17(21-22-18(15)25(3)23-11)20-19(27)13-9-10-14(26)24(2)16(13)12-7-5-4-6-8-12/h4-8,13,16H,9-10H2,1-3H3,(H2,20,21,22,27). The number of carbonyl (C=O) groups excluding carboxylic acids is 2. The fraction of sp³-hybridized carbons (Fsp3) is 0.368. The van der Waals surface area contributed by atoms with E-state index in [0.717, 1.165) is 16.6 Å². The van der Waals surface area contributed by atoms with Gasteiger partial charge in [-0.15, -0.1) is 0 Å². The lowest BCUT2D eigenvalue weighted by atomic mass is 9.84. The van der Waals surface area contributed by atoms with E-state index in [1.54, 1.807) is 16.6 Å². The van der Waals surface area contributed by atoms with E-state index in [4.69, 9.17) is 0 Å². The zero-order chi connectivity index (χ0) is 19.1. The van der Waals surface area contributed by atoms with Crippen LogP contribution in [0.5, 0.6) is 0 Å². The van der Waals surface area contributed by atoms with E-state index < -0.39 is 0 Å². The number of rotatable bonds is 3. The molecule has 1 fully saturated rings. The minimum atomic E-state index is -0.342. The van der Waals surface area contributed by atoms with Crippen molar-refractivity contribution in [3.8, 4) is 0 Å². The van der Waals surface area contributed by atoms with Gasteiger partial charge in [-0.2, -0.15) is 10.2 Å². The number of H-pyrrole nitrogens is 1. The van der Waals surface area contributed by atoms with Gasteiger partial charge in [0.05, 0.1) is 23.0 Å². The number of fused-ring (bicyclic) bond motifs is 1. The second kappa shape index (κ2) is 6.53. The van der Waals surface area contributed by atoms with Gasteiger partial charge in [-0.1, -0.05) is 30.3 Å². The Kier molecular flexibility index (Phi) is 4.18. The zero-order valence-electron chi connectivity index (χ0n) is 15.6.